The summed E-state index contributed by atoms with van der Waals surface area (Å²) in [5.41, 5.74) is 0.640. The molecule has 2 N–H and O–H groups in total. The molecule has 2 unspecified atom stereocenters. The van der Waals surface area contributed by atoms with Crippen LogP contribution in [0.4, 0.5) is 4.39 Å². The average molecular weight is 267 g/mol. The third kappa shape index (κ3) is 3.51. The van der Waals surface area contributed by atoms with Gasteiger partial charge in [-0.1, -0.05) is 12.1 Å². The van der Waals surface area contributed by atoms with Crippen molar-refractivity contribution in [1.29, 1.82) is 0 Å². The summed E-state index contributed by atoms with van der Waals surface area (Å²) < 4.78 is 18.0. The smallest absolute Gasteiger partial charge is 0.332 e. The zero-order valence-electron chi connectivity index (χ0n) is 10.1. The Bertz CT molecular complexity index is 491. The van der Waals surface area contributed by atoms with Crippen molar-refractivity contribution >= 4 is 11.9 Å². The van der Waals surface area contributed by atoms with Crippen LogP contribution in [0, 0.1) is 5.82 Å². The lowest BCUT2D eigenvalue weighted by atomic mass is 10.2. The molecule has 1 aliphatic rings. The summed E-state index contributed by atoms with van der Waals surface area (Å²) in [5, 5.41) is 11.4. The Hall–Kier alpha value is -1.95. The molecular formula is C13H14FNO4. The van der Waals surface area contributed by atoms with Gasteiger partial charge in [0.2, 0.25) is 5.91 Å². The molecule has 1 amide bonds. The zero-order valence-corrected chi connectivity index (χ0v) is 10.1. The second kappa shape index (κ2) is 5.79. The van der Waals surface area contributed by atoms with Crippen LogP contribution in [0.1, 0.15) is 18.4 Å². The van der Waals surface area contributed by atoms with Gasteiger partial charge < -0.3 is 15.2 Å². The average Bonchev–Trinajstić information content (AvgIpc) is 2.86. The number of hydrogen-bond acceptors (Lipinski definition) is 3. The van der Waals surface area contributed by atoms with Gasteiger partial charge in [-0.3, -0.25) is 4.79 Å². The van der Waals surface area contributed by atoms with E-state index in [1.54, 1.807) is 12.1 Å². The van der Waals surface area contributed by atoms with Crippen LogP contribution in [0.5, 0.6) is 0 Å². The Balaban J connectivity index is 1.84. The molecule has 102 valence electrons. The van der Waals surface area contributed by atoms with Crippen LogP contribution >= 0.6 is 0 Å². The minimum absolute atomic E-state index is 0.189. The topological polar surface area (TPSA) is 75.6 Å². The lowest BCUT2D eigenvalue weighted by Gasteiger charge is -2.11. The van der Waals surface area contributed by atoms with E-state index in [0.717, 1.165) is 0 Å². The number of halogens is 1. The summed E-state index contributed by atoms with van der Waals surface area (Å²) in [5.74, 6) is -1.79. The highest BCUT2D eigenvalue weighted by Crippen LogP contribution is 2.20. The van der Waals surface area contributed by atoms with E-state index in [1.165, 1.54) is 12.1 Å². The van der Waals surface area contributed by atoms with E-state index < -0.39 is 18.2 Å². The Morgan fingerprint density at radius 2 is 2.11 bits per heavy atom. The van der Waals surface area contributed by atoms with Crippen LogP contribution in [-0.4, -0.2) is 29.2 Å². The molecule has 1 fully saturated rings. The Kier molecular flexibility index (Phi) is 4.11. The minimum Gasteiger partial charge on any atom is -0.479 e. The van der Waals surface area contributed by atoms with Crippen molar-refractivity contribution in [2.75, 3.05) is 0 Å². The molecule has 1 saturated heterocycles. The van der Waals surface area contributed by atoms with E-state index >= 15 is 0 Å². The molecule has 1 heterocycles. The van der Waals surface area contributed by atoms with Gasteiger partial charge in [0.25, 0.3) is 0 Å². The highest BCUT2D eigenvalue weighted by atomic mass is 19.1. The van der Waals surface area contributed by atoms with Gasteiger partial charge in [0.15, 0.2) is 6.10 Å². The van der Waals surface area contributed by atoms with Crippen molar-refractivity contribution in [3.63, 3.8) is 0 Å². The first-order chi connectivity index (χ1) is 9.06. The van der Waals surface area contributed by atoms with Gasteiger partial charge in [0.05, 0.1) is 0 Å². The van der Waals surface area contributed by atoms with E-state index in [-0.39, 0.29) is 18.3 Å². The van der Waals surface area contributed by atoms with Crippen molar-refractivity contribution in [2.45, 2.75) is 31.6 Å². The fourth-order valence-corrected chi connectivity index (χ4v) is 1.96. The van der Waals surface area contributed by atoms with Gasteiger partial charge >= 0.3 is 5.97 Å². The number of carbonyl (C=O) groups is 2. The van der Waals surface area contributed by atoms with Gasteiger partial charge in [-0.15, -0.1) is 0 Å². The second-order valence-electron chi connectivity index (χ2n) is 4.38. The number of rotatable bonds is 4. The summed E-state index contributed by atoms with van der Waals surface area (Å²) in [6.45, 7) is 0.189. The van der Waals surface area contributed by atoms with Crippen molar-refractivity contribution in [2.24, 2.45) is 0 Å². The molecule has 19 heavy (non-hydrogen) atoms. The Morgan fingerprint density at radius 3 is 2.74 bits per heavy atom. The van der Waals surface area contributed by atoms with Crippen molar-refractivity contribution in [3.8, 4) is 0 Å². The summed E-state index contributed by atoms with van der Waals surface area (Å²) in [6, 6.07) is 5.90. The number of aliphatic carboxylic acids is 1. The molecule has 0 radical (unpaired) electrons. The number of carboxylic acid groups (broad SMARTS) is 1. The van der Waals surface area contributed by atoms with Crippen molar-refractivity contribution < 1.29 is 23.8 Å². The molecule has 1 aromatic rings. The number of nitrogens with one attached hydrogen (secondary N) is 1. The molecule has 1 aliphatic heterocycles. The van der Waals surface area contributed by atoms with Crippen LogP contribution in [0.3, 0.4) is 0 Å². The lowest BCUT2D eigenvalue weighted by molar-refractivity contribution is -0.151. The van der Waals surface area contributed by atoms with E-state index in [4.69, 9.17) is 9.84 Å². The highest BCUT2D eigenvalue weighted by Gasteiger charge is 2.34. The Morgan fingerprint density at radius 1 is 1.37 bits per heavy atom. The third-order valence-corrected chi connectivity index (χ3v) is 2.94. The molecule has 0 spiro atoms. The summed E-state index contributed by atoms with van der Waals surface area (Å²) in [7, 11) is 0. The van der Waals surface area contributed by atoms with Gasteiger partial charge in [-0.2, -0.15) is 0 Å². The molecule has 0 saturated carbocycles. The van der Waals surface area contributed by atoms with E-state index in [9.17, 15) is 14.0 Å². The van der Waals surface area contributed by atoms with Crippen LogP contribution in [-0.2, 0) is 20.9 Å². The van der Waals surface area contributed by atoms with Crippen LogP contribution in [0.15, 0.2) is 24.3 Å². The summed E-state index contributed by atoms with van der Waals surface area (Å²) >= 11 is 0. The lowest BCUT2D eigenvalue weighted by Crippen LogP contribution is -2.35. The highest BCUT2D eigenvalue weighted by molar-refractivity contribution is 5.82. The normalized spacial score (nSPS) is 22.2. The van der Waals surface area contributed by atoms with E-state index in [0.29, 0.717) is 18.4 Å². The number of amides is 1. The number of hydrogen-bond donors (Lipinski definition) is 2. The summed E-state index contributed by atoms with van der Waals surface area (Å²) in [6.07, 6.45) is -0.945. The van der Waals surface area contributed by atoms with Gasteiger partial charge in [0, 0.05) is 6.54 Å². The third-order valence-electron chi connectivity index (χ3n) is 2.94. The maximum atomic E-state index is 12.9. The Labute approximate surface area is 109 Å². The first-order valence-corrected chi connectivity index (χ1v) is 5.96. The predicted octanol–water partition coefficient (Wildman–Crippen LogP) is 1.07. The maximum absolute atomic E-state index is 12.9. The van der Waals surface area contributed by atoms with Gasteiger partial charge in [-0.25, -0.2) is 9.18 Å². The molecule has 0 aromatic heterocycles. The zero-order chi connectivity index (χ0) is 13.8. The largest absolute Gasteiger partial charge is 0.479 e. The fourth-order valence-electron chi connectivity index (χ4n) is 1.96. The molecule has 0 bridgehead atoms. The number of carbonyl (C=O) groups excluding carboxylic acids is 1. The summed E-state index contributed by atoms with van der Waals surface area (Å²) in [4.78, 5) is 22.4. The van der Waals surface area contributed by atoms with Gasteiger partial charge in [-0.05, 0) is 30.5 Å². The number of carboxylic acids is 1. The molecule has 2 rings (SSSR count). The molecule has 6 heteroatoms. The van der Waals surface area contributed by atoms with Gasteiger partial charge in [0.1, 0.15) is 11.9 Å². The fraction of sp³-hybridized carbons (Fsp3) is 0.385. The molecular weight excluding hydrogens is 253 g/mol. The van der Waals surface area contributed by atoms with E-state index in [2.05, 4.69) is 5.32 Å². The molecule has 1 aromatic carbocycles. The number of ether oxygens (including phenoxy) is 1. The first kappa shape index (κ1) is 13.5. The molecule has 0 aliphatic carbocycles. The van der Waals surface area contributed by atoms with Crippen molar-refractivity contribution in [3.05, 3.63) is 35.6 Å². The molecule has 5 nitrogen and oxygen atoms in total. The van der Waals surface area contributed by atoms with E-state index in [1.807, 2.05) is 0 Å². The second-order valence-corrected chi connectivity index (χ2v) is 4.38. The van der Waals surface area contributed by atoms with Crippen LogP contribution < -0.4 is 5.32 Å². The van der Waals surface area contributed by atoms with Crippen molar-refractivity contribution in [1.82, 2.24) is 5.32 Å². The van der Waals surface area contributed by atoms with Crippen LogP contribution in [0.2, 0.25) is 0 Å². The minimum atomic E-state index is -1.06. The maximum Gasteiger partial charge on any atom is 0.332 e. The van der Waals surface area contributed by atoms with Crippen LogP contribution in [0.25, 0.3) is 0 Å². The first-order valence-electron chi connectivity index (χ1n) is 5.96. The monoisotopic (exact) mass is 267 g/mol. The predicted molar refractivity (Wildman–Crippen MR) is 63.8 cm³/mol. The molecule has 2 atom stereocenters. The standard InChI is InChI=1S/C13H14FNO4/c14-9-3-1-2-8(6-9)7-15-12(16)10-4-5-11(19-10)13(17)18/h1-3,6,10-11H,4-5,7H2,(H,15,16)(H,17,18). The SMILES string of the molecule is O=C(O)C1CCC(C(=O)NCc2cccc(F)c2)O1. The number of benzene rings is 1. The quantitative estimate of drug-likeness (QED) is 0.855.